The number of amides is 1. The number of aliphatic hydroxyl groups excluding tert-OH is 1. The van der Waals surface area contributed by atoms with E-state index >= 15 is 0 Å². The number of nitrogens with one attached hydrogen (secondary N) is 2. The van der Waals surface area contributed by atoms with E-state index in [2.05, 4.69) is 25.2 Å². The Kier molecular flexibility index (Phi) is 4.68. The molecule has 0 radical (unpaired) electrons. The Morgan fingerprint density at radius 3 is 3.04 bits per heavy atom. The normalized spacial score (nSPS) is 22.0. The summed E-state index contributed by atoms with van der Waals surface area (Å²) in [7, 11) is 0. The minimum atomic E-state index is -0.597. The molecular weight excluding hydrogens is 294 g/mol. The zero-order valence-corrected chi connectivity index (χ0v) is 13.1. The average Bonchev–Trinajstić information content (AvgIpc) is 2.98. The minimum absolute atomic E-state index is 0.252. The number of rotatable bonds is 4. The van der Waals surface area contributed by atoms with E-state index in [4.69, 9.17) is 0 Å². The third-order valence-electron chi connectivity index (χ3n) is 4.03. The van der Waals surface area contributed by atoms with E-state index in [0.29, 0.717) is 13.0 Å². The van der Waals surface area contributed by atoms with E-state index in [0.717, 1.165) is 24.3 Å². The van der Waals surface area contributed by atoms with Crippen LogP contribution < -0.4 is 5.32 Å². The number of aliphatic hydroxyl groups is 1. The fraction of sp³-hybridized carbons (Fsp3) is 0.438. The number of aryl methyl sites for hydroxylation is 1. The molecule has 3 N–H and O–H groups in total. The number of nitrogens with zero attached hydrogens (tertiary/aromatic N) is 3. The molecule has 1 aliphatic heterocycles. The Morgan fingerprint density at radius 2 is 2.39 bits per heavy atom. The molecule has 1 amide bonds. The first-order valence-electron chi connectivity index (χ1n) is 7.73. The highest BCUT2D eigenvalue weighted by molar-refractivity contribution is 5.90. The first-order chi connectivity index (χ1) is 11.1. The smallest absolute Gasteiger partial charge is 0.287 e. The number of carbonyl (C=O) groups is 1. The summed E-state index contributed by atoms with van der Waals surface area (Å²) < 4.78 is 0. The summed E-state index contributed by atoms with van der Waals surface area (Å²) in [5.74, 6) is 0.00958. The summed E-state index contributed by atoms with van der Waals surface area (Å²) in [6.07, 6.45) is 5.30. The quantitative estimate of drug-likeness (QED) is 0.763. The molecule has 23 heavy (non-hydrogen) atoms. The van der Waals surface area contributed by atoms with Crippen molar-refractivity contribution in [3.8, 4) is 0 Å². The summed E-state index contributed by atoms with van der Waals surface area (Å²) in [4.78, 5) is 25.3. The topological polar surface area (TPSA) is 94.1 Å². The van der Waals surface area contributed by atoms with Crippen LogP contribution in [0.15, 0.2) is 30.7 Å². The number of carbonyl (C=O) groups excluding carboxylic acids is 1. The highest BCUT2D eigenvalue weighted by Gasteiger charge is 2.29. The van der Waals surface area contributed by atoms with E-state index in [9.17, 15) is 9.90 Å². The van der Waals surface area contributed by atoms with E-state index in [1.807, 2.05) is 25.3 Å². The number of aromatic amines is 1. The molecule has 7 heteroatoms. The van der Waals surface area contributed by atoms with E-state index < -0.39 is 6.10 Å². The summed E-state index contributed by atoms with van der Waals surface area (Å²) in [6.45, 7) is 3.93. The molecule has 2 atom stereocenters. The molecule has 2 aromatic heterocycles. The highest BCUT2D eigenvalue weighted by Crippen LogP contribution is 2.14. The standard InChI is InChI=1S/C16H21N5O2/c1-11-7-18-15(19-11)16(23)20-13-4-6-21(10-14(13)22)9-12-3-2-5-17-8-12/h2-3,5,7-8,13-14,22H,4,6,9-10H2,1H3,(H,18,19)(H,20,23)/t13-,14-/m1/s1. The van der Waals surface area contributed by atoms with Crippen LogP contribution in [-0.2, 0) is 6.54 Å². The van der Waals surface area contributed by atoms with Gasteiger partial charge in [0.2, 0.25) is 0 Å². The van der Waals surface area contributed by atoms with E-state index in [1.54, 1.807) is 12.4 Å². The molecule has 1 aliphatic rings. The summed E-state index contributed by atoms with van der Waals surface area (Å²) >= 11 is 0. The van der Waals surface area contributed by atoms with Crippen LogP contribution in [0.4, 0.5) is 0 Å². The molecule has 7 nitrogen and oxygen atoms in total. The molecule has 1 saturated heterocycles. The van der Waals surface area contributed by atoms with Crippen molar-refractivity contribution in [2.45, 2.75) is 32.0 Å². The molecule has 3 heterocycles. The van der Waals surface area contributed by atoms with Crippen LogP contribution in [0.1, 0.15) is 28.3 Å². The lowest BCUT2D eigenvalue weighted by Crippen LogP contribution is -2.53. The van der Waals surface area contributed by atoms with Crippen molar-refractivity contribution in [3.63, 3.8) is 0 Å². The maximum atomic E-state index is 12.1. The number of piperidine rings is 1. The van der Waals surface area contributed by atoms with Gasteiger partial charge in [0.25, 0.3) is 5.91 Å². The lowest BCUT2D eigenvalue weighted by molar-refractivity contribution is 0.0347. The Balaban J connectivity index is 1.53. The van der Waals surface area contributed by atoms with Gasteiger partial charge in [0.15, 0.2) is 5.82 Å². The Morgan fingerprint density at radius 1 is 1.52 bits per heavy atom. The third kappa shape index (κ3) is 3.94. The van der Waals surface area contributed by atoms with Crippen LogP contribution in [0.3, 0.4) is 0 Å². The molecule has 0 spiro atoms. The fourth-order valence-electron chi connectivity index (χ4n) is 2.82. The maximum absolute atomic E-state index is 12.1. The van der Waals surface area contributed by atoms with Crippen LogP contribution in [0.2, 0.25) is 0 Å². The van der Waals surface area contributed by atoms with E-state index in [1.165, 1.54) is 0 Å². The Labute approximate surface area is 134 Å². The number of imidazole rings is 1. The van der Waals surface area contributed by atoms with Gasteiger partial charge in [-0.3, -0.25) is 14.7 Å². The molecule has 0 aliphatic carbocycles. The number of hydrogen-bond acceptors (Lipinski definition) is 5. The second-order valence-electron chi connectivity index (χ2n) is 5.95. The minimum Gasteiger partial charge on any atom is -0.390 e. The van der Waals surface area contributed by atoms with Gasteiger partial charge in [-0.15, -0.1) is 0 Å². The van der Waals surface area contributed by atoms with Crippen molar-refractivity contribution in [2.24, 2.45) is 0 Å². The van der Waals surface area contributed by atoms with Gasteiger partial charge in [-0.25, -0.2) is 4.98 Å². The van der Waals surface area contributed by atoms with Gasteiger partial charge < -0.3 is 15.4 Å². The molecule has 0 unspecified atom stereocenters. The summed E-state index contributed by atoms with van der Waals surface area (Å²) in [5, 5.41) is 13.2. The predicted octanol–water partition coefficient (Wildman–Crippen LogP) is 0.478. The number of hydrogen-bond donors (Lipinski definition) is 3. The van der Waals surface area contributed by atoms with Gasteiger partial charge in [-0.2, -0.15) is 0 Å². The Bertz CT molecular complexity index is 658. The SMILES string of the molecule is Cc1cnc(C(=O)N[C@@H]2CCN(Cc3cccnc3)C[C@H]2O)[nH]1. The van der Waals surface area contributed by atoms with Gasteiger partial charge in [-0.1, -0.05) is 6.07 Å². The predicted molar refractivity (Wildman–Crippen MR) is 84.7 cm³/mol. The van der Waals surface area contributed by atoms with Gasteiger partial charge >= 0.3 is 0 Å². The summed E-state index contributed by atoms with van der Waals surface area (Å²) in [5.41, 5.74) is 1.95. The first-order valence-corrected chi connectivity index (χ1v) is 7.73. The molecule has 3 rings (SSSR count). The van der Waals surface area contributed by atoms with Gasteiger partial charge in [-0.05, 0) is 25.0 Å². The number of H-pyrrole nitrogens is 1. The number of aromatic nitrogens is 3. The van der Waals surface area contributed by atoms with Crippen LogP contribution in [0.5, 0.6) is 0 Å². The summed E-state index contributed by atoms with van der Waals surface area (Å²) in [6, 6.07) is 3.68. The molecule has 0 saturated carbocycles. The first kappa shape index (κ1) is 15.6. The van der Waals surface area contributed by atoms with Gasteiger partial charge in [0.05, 0.1) is 12.1 Å². The molecule has 0 bridgehead atoms. The monoisotopic (exact) mass is 315 g/mol. The fourth-order valence-corrected chi connectivity index (χ4v) is 2.82. The third-order valence-corrected chi connectivity index (χ3v) is 4.03. The maximum Gasteiger partial charge on any atom is 0.287 e. The van der Waals surface area contributed by atoms with Gasteiger partial charge in [0.1, 0.15) is 0 Å². The van der Waals surface area contributed by atoms with Crippen molar-refractivity contribution in [1.29, 1.82) is 0 Å². The molecule has 0 aromatic carbocycles. The average molecular weight is 315 g/mol. The van der Waals surface area contributed by atoms with Crippen LogP contribution >= 0.6 is 0 Å². The second-order valence-corrected chi connectivity index (χ2v) is 5.95. The van der Waals surface area contributed by atoms with Gasteiger partial charge in [0, 0.05) is 43.9 Å². The lowest BCUT2D eigenvalue weighted by Gasteiger charge is -2.36. The van der Waals surface area contributed by atoms with E-state index in [-0.39, 0.29) is 17.8 Å². The zero-order chi connectivity index (χ0) is 16.2. The van der Waals surface area contributed by atoms with Crippen molar-refractivity contribution >= 4 is 5.91 Å². The van der Waals surface area contributed by atoms with Crippen LogP contribution in [0.25, 0.3) is 0 Å². The lowest BCUT2D eigenvalue weighted by atomic mass is 10.0. The van der Waals surface area contributed by atoms with Crippen molar-refractivity contribution < 1.29 is 9.90 Å². The molecule has 1 fully saturated rings. The zero-order valence-electron chi connectivity index (χ0n) is 13.1. The second kappa shape index (κ2) is 6.89. The number of β-amino-alcohol motifs (C(OH)–C–C–N with tert-alkyl or cyclic N) is 1. The molecular formula is C16H21N5O2. The van der Waals surface area contributed by atoms with Crippen LogP contribution in [-0.4, -0.2) is 56.1 Å². The highest BCUT2D eigenvalue weighted by atomic mass is 16.3. The van der Waals surface area contributed by atoms with Crippen molar-refractivity contribution in [1.82, 2.24) is 25.2 Å². The number of likely N-dealkylation sites (tertiary alicyclic amines) is 1. The van der Waals surface area contributed by atoms with Crippen molar-refractivity contribution in [2.75, 3.05) is 13.1 Å². The van der Waals surface area contributed by atoms with Crippen molar-refractivity contribution in [3.05, 3.63) is 47.8 Å². The number of pyridine rings is 1. The molecule has 2 aromatic rings. The Hall–Kier alpha value is -2.25. The largest absolute Gasteiger partial charge is 0.390 e. The van der Waals surface area contributed by atoms with Crippen LogP contribution in [0, 0.1) is 6.92 Å². The molecule has 122 valence electrons.